The van der Waals surface area contributed by atoms with Crippen molar-refractivity contribution in [1.82, 2.24) is 14.9 Å². The summed E-state index contributed by atoms with van der Waals surface area (Å²) in [5, 5.41) is 11.2. The highest BCUT2D eigenvalue weighted by atomic mass is 32.1. The maximum Gasteiger partial charge on any atom is 0.401 e. The number of hydrogen-bond donors (Lipinski definition) is 1. The van der Waals surface area contributed by atoms with Crippen LogP contribution >= 0.6 is 11.3 Å². The van der Waals surface area contributed by atoms with Crippen molar-refractivity contribution in [3.05, 3.63) is 35.5 Å². The summed E-state index contributed by atoms with van der Waals surface area (Å²) in [5.41, 5.74) is 1.23. The number of aliphatic hydroxyl groups excluding tert-OH is 1. The van der Waals surface area contributed by atoms with E-state index >= 15 is 0 Å². The van der Waals surface area contributed by atoms with Crippen molar-refractivity contribution in [2.75, 3.05) is 19.7 Å². The van der Waals surface area contributed by atoms with Gasteiger partial charge in [-0.3, -0.25) is 9.88 Å². The minimum atomic E-state index is -4.30. The molecule has 0 aliphatic heterocycles. The Bertz CT molecular complexity index is 559. The minimum Gasteiger partial charge on any atom is -0.395 e. The highest BCUT2D eigenvalue weighted by Crippen LogP contribution is 2.23. The van der Waals surface area contributed by atoms with E-state index in [1.54, 1.807) is 23.7 Å². The Kier molecular flexibility index (Phi) is 5.27. The topological polar surface area (TPSA) is 49.2 Å². The van der Waals surface area contributed by atoms with Gasteiger partial charge in [-0.2, -0.15) is 13.2 Å². The minimum absolute atomic E-state index is 0.0450. The van der Waals surface area contributed by atoms with Gasteiger partial charge in [0.15, 0.2) is 0 Å². The monoisotopic (exact) mass is 317 g/mol. The second-order valence-electron chi connectivity index (χ2n) is 4.41. The van der Waals surface area contributed by atoms with Crippen LogP contribution in [-0.2, 0) is 6.54 Å². The van der Waals surface area contributed by atoms with Crippen LogP contribution in [0.15, 0.2) is 29.8 Å². The van der Waals surface area contributed by atoms with Crippen LogP contribution in [0, 0.1) is 0 Å². The number of aromatic nitrogens is 2. The maximum atomic E-state index is 12.5. The van der Waals surface area contributed by atoms with Gasteiger partial charge < -0.3 is 5.11 Å². The zero-order chi connectivity index (χ0) is 15.3. The second-order valence-corrected chi connectivity index (χ2v) is 5.27. The fraction of sp³-hybridized carbons (Fsp3) is 0.385. The molecule has 0 aromatic carbocycles. The average molecular weight is 317 g/mol. The van der Waals surface area contributed by atoms with E-state index in [4.69, 9.17) is 5.11 Å². The SMILES string of the molecule is OCCN(Cc1csc(-c2ccccn2)n1)CC(F)(F)F. The maximum absolute atomic E-state index is 12.5. The molecule has 2 aromatic rings. The lowest BCUT2D eigenvalue weighted by Gasteiger charge is -2.21. The Labute approximate surface area is 123 Å². The fourth-order valence-corrected chi connectivity index (χ4v) is 2.61. The standard InChI is InChI=1S/C13H14F3N3OS/c14-13(15,16)9-19(5-6-20)7-10-8-21-12(18-10)11-3-1-2-4-17-11/h1-4,8,20H,5-7,9H2. The summed E-state index contributed by atoms with van der Waals surface area (Å²) >= 11 is 1.34. The highest BCUT2D eigenvalue weighted by Gasteiger charge is 2.30. The Hall–Kier alpha value is -1.51. The van der Waals surface area contributed by atoms with Crippen LogP contribution in [0.5, 0.6) is 0 Å². The first-order chi connectivity index (χ1) is 9.98. The van der Waals surface area contributed by atoms with Crippen molar-refractivity contribution in [1.29, 1.82) is 0 Å². The molecular formula is C13H14F3N3OS. The number of thiazole rings is 1. The number of pyridine rings is 1. The number of halogens is 3. The van der Waals surface area contributed by atoms with Gasteiger partial charge in [0.1, 0.15) is 5.01 Å². The number of aliphatic hydroxyl groups is 1. The predicted octanol–water partition coefficient (Wildman–Crippen LogP) is 2.56. The Morgan fingerprint density at radius 3 is 2.71 bits per heavy atom. The van der Waals surface area contributed by atoms with Crippen molar-refractivity contribution in [2.24, 2.45) is 0 Å². The molecule has 0 saturated carbocycles. The Morgan fingerprint density at radius 1 is 1.29 bits per heavy atom. The summed E-state index contributed by atoms with van der Waals surface area (Å²) in [7, 11) is 0. The van der Waals surface area contributed by atoms with E-state index in [0.717, 1.165) is 4.90 Å². The van der Waals surface area contributed by atoms with Crippen molar-refractivity contribution in [3.63, 3.8) is 0 Å². The van der Waals surface area contributed by atoms with Crippen molar-refractivity contribution in [3.8, 4) is 10.7 Å². The van der Waals surface area contributed by atoms with Crippen LogP contribution in [0.3, 0.4) is 0 Å². The molecule has 21 heavy (non-hydrogen) atoms. The number of alkyl halides is 3. The number of rotatable bonds is 6. The molecule has 1 N–H and O–H groups in total. The number of nitrogens with zero attached hydrogens (tertiary/aromatic N) is 3. The number of hydrogen-bond acceptors (Lipinski definition) is 5. The first kappa shape index (κ1) is 15.9. The quantitative estimate of drug-likeness (QED) is 0.889. The summed E-state index contributed by atoms with van der Waals surface area (Å²) in [5.74, 6) is 0. The third-order valence-corrected chi connectivity index (χ3v) is 3.55. The van der Waals surface area contributed by atoms with Crippen molar-refractivity contribution in [2.45, 2.75) is 12.7 Å². The van der Waals surface area contributed by atoms with Crippen LogP contribution in [0.25, 0.3) is 10.7 Å². The molecule has 0 radical (unpaired) electrons. The summed E-state index contributed by atoms with van der Waals surface area (Å²) in [6.07, 6.45) is -2.66. The molecule has 4 nitrogen and oxygen atoms in total. The molecule has 0 spiro atoms. The van der Waals surface area contributed by atoms with Gasteiger partial charge in [-0.15, -0.1) is 11.3 Å². The smallest absolute Gasteiger partial charge is 0.395 e. The van der Waals surface area contributed by atoms with Gasteiger partial charge in [0.05, 0.1) is 24.5 Å². The first-order valence-corrected chi connectivity index (χ1v) is 7.11. The van der Waals surface area contributed by atoms with E-state index in [2.05, 4.69) is 9.97 Å². The van der Waals surface area contributed by atoms with Crippen molar-refractivity contribution >= 4 is 11.3 Å². The van der Waals surface area contributed by atoms with Gasteiger partial charge in [0.2, 0.25) is 0 Å². The molecule has 0 aliphatic rings. The fourth-order valence-electron chi connectivity index (χ4n) is 1.82. The lowest BCUT2D eigenvalue weighted by molar-refractivity contribution is -0.148. The van der Waals surface area contributed by atoms with E-state index in [1.165, 1.54) is 11.3 Å². The molecule has 0 unspecified atom stereocenters. The zero-order valence-corrected chi connectivity index (χ0v) is 11.9. The molecule has 0 fully saturated rings. The predicted molar refractivity (Wildman–Crippen MR) is 73.8 cm³/mol. The van der Waals surface area contributed by atoms with Crippen LogP contribution in [0.2, 0.25) is 0 Å². The van der Waals surface area contributed by atoms with Crippen LogP contribution in [0.1, 0.15) is 5.69 Å². The Balaban J connectivity index is 2.06. The van der Waals surface area contributed by atoms with Crippen LogP contribution in [-0.4, -0.2) is 45.8 Å². The molecule has 2 rings (SSSR count). The molecule has 0 saturated heterocycles. The summed E-state index contributed by atoms with van der Waals surface area (Å²) < 4.78 is 37.4. The van der Waals surface area contributed by atoms with Crippen molar-refractivity contribution < 1.29 is 18.3 Å². The summed E-state index contributed by atoms with van der Waals surface area (Å²) in [4.78, 5) is 9.57. The molecule has 2 aromatic heterocycles. The van der Waals surface area contributed by atoms with Gasteiger partial charge in [0.25, 0.3) is 0 Å². The van der Waals surface area contributed by atoms with Gasteiger partial charge >= 0.3 is 6.18 Å². The molecule has 2 heterocycles. The third kappa shape index (κ3) is 5.07. The van der Waals surface area contributed by atoms with E-state index in [0.29, 0.717) is 16.4 Å². The lowest BCUT2D eigenvalue weighted by Crippen LogP contribution is -2.35. The van der Waals surface area contributed by atoms with Gasteiger partial charge in [-0.05, 0) is 12.1 Å². The van der Waals surface area contributed by atoms with Crippen LogP contribution < -0.4 is 0 Å². The summed E-state index contributed by atoms with van der Waals surface area (Å²) in [6.45, 7) is -1.39. The zero-order valence-electron chi connectivity index (χ0n) is 11.0. The molecule has 0 amide bonds. The van der Waals surface area contributed by atoms with E-state index in [9.17, 15) is 13.2 Å². The second kappa shape index (κ2) is 6.97. The molecule has 8 heteroatoms. The third-order valence-electron chi connectivity index (χ3n) is 2.64. The largest absolute Gasteiger partial charge is 0.401 e. The molecule has 0 bridgehead atoms. The van der Waals surface area contributed by atoms with Crippen LogP contribution in [0.4, 0.5) is 13.2 Å². The normalized spacial score (nSPS) is 12.0. The highest BCUT2D eigenvalue weighted by molar-refractivity contribution is 7.13. The molecule has 0 aliphatic carbocycles. The first-order valence-electron chi connectivity index (χ1n) is 6.24. The van der Waals surface area contributed by atoms with Gasteiger partial charge in [-0.1, -0.05) is 6.07 Å². The lowest BCUT2D eigenvalue weighted by atomic mass is 10.3. The molecular weight excluding hydrogens is 303 g/mol. The van der Waals surface area contributed by atoms with E-state index in [-0.39, 0.29) is 19.7 Å². The molecule has 114 valence electrons. The molecule has 0 atom stereocenters. The van der Waals surface area contributed by atoms with E-state index < -0.39 is 12.7 Å². The summed E-state index contributed by atoms with van der Waals surface area (Å²) in [6, 6.07) is 5.40. The Morgan fingerprint density at radius 2 is 2.10 bits per heavy atom. The van der Waals surface area contributed by atoms with Gasteiger partial charge in [-0.25, -0.2) is 4.98 Å². The van der Waals surface area contributed by atoms with E-state index in [1.807, 2.05) is 6.07 Å². The van der Waals surface area contributed by atoms with Gasteiger partial charge in [0, 0.05) is 24.7 Å². The average Bonchev–Trinajstić information content (AvgIpc) is 2.87.